The molecule has 0 saturated carbocycles. The van der Waals surface area contributed by atoms with Gasteiger partial charge < -0.3 is 0 Å². The minimum atomic E-state index is -3.72. The third kappa shape index (κ3) is 2.41. The van der Waals surface area contributed by atoms with Crippen molar-refractivity contribution in [3.05, 3.63) is 30.1 Å². The van der Waals surface area contributed by atoms with Crippen LogP contribution in [-0.4, -0.2) is 25.3 Å². The normalized spacial score (nSPS) is 12.4. The number of rotatable bonds is 4. The standard InChI is InChI=1S/C11H16FNO2S/c1-4-13(9(2)3)16(14,15)11-8-6-5-7-10(11)12/h5-9H,4H2,1-3H3. The summed E-state index contributed by atoms with van der Waals surface area (Å²) in [4.78, 5) is -0.259. The molecule has 1 aromatic carbocycles. The Morgan fingerprint density at radius 3 is 2.31 bits per heavy atom. The largest absolute Gasteiger partial charge is 0.246 e. The van der Waals surface area contributed by atoms with Crippen molar-refractivity contribution in [2.75, 3.05) is 6.54 Å². The summed E-state index contributed by atoms with van der Waals surface area (Å²) >= 11 is 0. The Morgan fingerprint density at radius 2 is 1.88 bits per heavy atom. The van der Waals surface area contributed by atoms with E-state index >= 15 is 0 Å². The number of benzene rings is 1. The zero-order valence-electron chi connectivity index (χ0n) is 9.64. The Labute approximate surface area is 95.9 Å². The monoisotopic (exact) mass is 245 g/mol. The first kappa shape index (κ1) is 13.1. The Bertz CT molecular complexity index is 457. The summed E-state index contributed by atoms with van der Waals surface area (Å²) in [5, 5.41) is 0. The van der Waals surface area contributed by atoms with Crippen LogP contribution in [0.4, 0.5) is 4.39 Å². The Kier molecular flexibility index (Phi) is 4.04. The third-order valence-corrected chi connectivity index (χ3v) is 4.50. The maximum absolute atomic E-state index is 13.4. The van der Waals surface area contributed by atoms with E-state index in [0.29, 0.717) is 6.54 Å². The molecule has 0 radical (unpaired) electrons. The second-order valence-corrected chi connectivity index (χ2v) is 5.59. The van der Waals surface area contributed by atoms with Gasteiger partial charge in [0.05, 0.1) is 0 Å². The first-order valence-corrected chi connectivity index (χ1v) is 6.61. The predicted molar refractivity (Wildman–Crippen MR) is 61.1 cm³/mol. The van der Waals surface area contributed by atoms with E-state index < -0.39 is 15.8 Å². The molecule has 16 heavy (non-hydrogen) atoms. The minimum absolute atomic E-state index is 0.186. The molecule has 0 unspecified atom stereocenters. The molecule has 0 aromatic heterocycles. The van der Waals surface area contributed by atoms with Gasteiger partial charge in [-0.3, -0.25) is 0 Å². The van der Waals surface area contributed by atoms with E-state index in [1.165, 1.54) is 22.5 Å². The van der Waals surface area contributed by atoms with Gasteiger partial charge in [0.2, 0.25) is 10.0 Å². The van der Waals surface area contributed by atoms with Crippen molar-refractivity contribution in [3.63, 3.8) is 0 Å². The van der Waals surface area contributed by atoms with E-state index in [0.717, 1.165) is 6.07 Å². The lowest BCUT2D eigenvalue weighted by Crippen LogP contribution is -2.37. The summed E-state index contributed by atoms with van der Waals surface area (Å²) in [6.07, 6.45) is 0. The van der Waals surface area contributed by atoms with Gasteiger partial charge in [0.1, 0.15) is 10.7 Å². The van der Waals surface area contributed by atoms with Gasteiger partial charge in [0, 0.05) is 12.6 Å². The Morgan fingerprint density at radius 1 is 1.31 bits per heavy atom. The molecule has 5 heteroatoms. The van der Waals surface area contributed by atoms with Gasteiger partial charge in [-0.05, 0) is 26.0 Å². The van der Waals surface area contributed by atoms with Crippen LogP contribution in [0.2, 0.25) is 0 Å². The lowest BCUT2D eigenvalue weighted by molar-refractivity contribution is 0.367. The van der Waals surface area contributed by atoms with Gasteiger partial charge in [-0.15, -0.1) is 0 Å². The molecule has 1 rings (SSSR count). The van der Waals surface area contributed by atoms with Gasteiger partial charge in [-0.2, -0.15) is 4.31 Å². The van der Waals surface area contributed by atoms with Crippen LogP contribution in [0.3, 0.4) is 0 Å². The van der Waals surface area contributed by atoms with Crippen molar-refractivity contribution in [1.29, 1.82) is 0 Å². The molecule has 0 saturated heterocycles. The van der Waals surface area contributed by atoms with Crippen LogP contribution in [0, 0.1) is 5.82 Å². The molecule has 0 amide bonds. The summed E-state index contributed by atoms with van der Waals surface area (Å²) in [5.74, 6) is -0.707. The molecule has 0 aliphatic heterocycles. The fourth-order valence-corrected chi connectivity index (χ4v) is 3.31. The first-order chi connectivity index (χ1) is 7.41. The summed E-state index contributed by atoms with van der Waals surface area (Å²) in [5.41, 5.74) is 0. The van der Waals surface area contributed by atoms with Crippen molar-refractivity contribution >= 4 is 10.0 Å². The van der Waals surface area contributed by atoms with Crippen LogP contribution in [0.25, 0.3) is 0 Å². The molecule has 0 heterocycles. The second kappa shape index (κ2) is 4.93. The van der Waals surface area contributed by atoms with E-state index in [2.05, 4.69) is 0 Å². The molecular formula is C11H16FNO2S. The van der Waals surface area contributed by atoms with Crippen molar-refractivity contribution in [1.82, 2.24) is 4.31 Å². The van der Waals surface area contributed by atoms with Crippen LogP contribution in [0.15, 0.2) is 29.2 Å². The van der Waals surface area contributed by atoms with E-state index in [4.69, 9.17) is 0 Å². The quantitative estimate of drug-likeness (QED) is 0.816. The van der Waals surface area contributed by atoms with Gasteiger partial charge >= 0.3 is 0 Å². The van der Waals surface area contributed by atoms with Crippen molar-refractivity contribution in [3.8, 4) is 0 Å². The number of hydrogen-bond acceptors (Lipinski definition) is 2. The van der Waals surface area contributed by atoms with E-state index in [1.54, 1.807) is 20.8 Å². The highest BCUT2D eigenvalue weighted by molar-refractivity contribution is 7.89. The highest BCUT2D eigenvalue weighted by atomic mass is 32.2. The van der Waals surface area contributed by atoms with Crippen LogP contribution in [0.1, 0.15) is 20.8 Å². The fourth-order valence-electron chi connectivity index (χ4n) is 1.59. The molecule has 0 fully saturated rings. The molecule has 0 spiro atoms. The average molecular weight is 245 g/mol. The van der Waals surface area contributed by atoms with Gasteiger partial charge in [-0.1, -0.05) is 19.1 Å². The van der Waals surface area contributed by atoms with Gasteiger partial charge in [-0.25, -0.2) is 12.8 Å². The highest BCUT2D eigenvalue weighted by Crippen LogP contribution is 2.20. The van der Waals surface area contributed by atoms with Crippen molar-refractivity contribution in [2.24, 2.45) is 0 Å². The van der Waals surface area contributed by atoms with Crippen molar-refractivity contribution < 1.29 is 12.8 Å². The topological polar surface area (TPSA) is 37.4 Å². The molecule has 0 aliphatic rings. The van der Waals surface area contributed by atoms with Crippen LogP contribution < -0.4 is 0 Å². The molecule has 90 valence electrons. The Balaban J connectivity index is 3.26. The highest BCUT2D eigenvalue weighted by Gasteiger charge is 2.27. The molecule has 0 aliphatic carbocycles. The van der Waals surface area contributed by atoms with Gasteiger partial charge in [0.15, 0.2) is 0 Å². The molecule has 1 aromatic rings. The predicted octanol–water partition coefficient (Wildman–Crippen LogP) is 2.24. The second-order valence-electron chi connectivity index (χ2n) is 3.73. The number of sulfonamides is 1. The first-order valence-electron chi connectivity index (χ1n) is 5.17. The maximum Gasteiger partial charge on any atom is 0.246 e. The zero-order chi connectivity index (χ0) is 12.3. The minimum Gasteiger partial charge on any atom is -0.207 e. The van der Waals surface area contributed by atoms with E-state index in [9.17, 15) is 12.8 Å². The van der Waals surface area contributed by atoms with Crippen LogP contribution >= 0.6 is 0 Å². The zero-order valence-corrected chi connectivity index (χ0v) is 10.5. The lowest BCUT2D eigenvalue weighted by Gasteiger charge is -2.24. The summed E-state index contributed by atoms with van der Waals surface area (Å²) in [6.45, 7) is 5.59. The Hall–Kier alpha value is -0.940. The molecule has 0 N–H and O–H groups in total. The van der Waals surface area contributed by atoms with Crippen LogP contribution in [-0.2, 0) is 10.0 Å². The maximum atomic E-state index is 13.4. The molecule has 0 bridgehead atoms. The fraction of sp³-hybridized carbons (Fsp3) is 0.455. The number of halogens is 1. The lowest BCUT2D eigenvalue weighted by atomic mass is 10.3. The van der Waals surface area contributed by atoms with Gasteiger partial charge in [0.25, 0.3) is 0 Å². The average Bonchev–Trinajstić information content (AvgIpc) is 2.17. The summed E-state index contributed by atoms with van der Waals surface area (Å²) < 4.78 is 38.9. The number of hydrogen-bond donors (Lipinski definition) is 0. The van der Waals surface area contributed by atoms with Crippen LogP contribution in [0.5, 0.6) is 0 Å². The van der Waals surface area contributed by atoms with Crippen molar-refractivity contribution in [2.45, 2.75) is 31.7 Å². The van der Waals surface area contributed by atoms with E-state index in [1.807, 2.05) is 0 Å². The molecule has 3 nitrogen and oxygen atoms in total. The summed E-state index contributed by atoms with van der Waals surface area (Å²) in [6, 6.07) is 5.25. The SMILES string of the molecule is CCN(C(C)C)S(=O)(=O)c1ccccc1F. The molecular weight excluding hydrogens is 229 g/mol. The summed E-state index contributed by atoms with van der Waals surface area (Å²) in [7, 11) is -3.72. The third-order valence-electron chi connectivity index (χ3n) is 2.31. The molecule has 0 atom stereocenters. The number of nitrogens with zero attached hydrogens (tertiary/aromatic N) is 1. The smallest absolute Gasteiger partial charge is 0.207 e. The van der Waals surface area contributed by atoms with E-state index in [-0.39, 0.29) is 10.9 Å².